The Morgan fingerprint density at radius 3 is 0.910 bits per heavy atom. The highest BCUT2D eigenvalue weighted by molar-refractivity contribution is 9.09. The lowest BCUT2D eigenvalue weighted by atomic mass is 10.1. The van der Waals surface area contributed by atoms with Crippen LogP contribution in [0.3, 0.4) is 0 Å². The van der Waals surface area contributed by atoms with Crippen LogP contribution < -0.4 is 16.6 Å². The number of H-pyrrole nitrogens is 11. The second-order valence-corrected chi connectivity index (χ2v) is 38.8. The minimum atomic E-state index is -3.97. The van der Waals surface area contributed by atoms with Gasteiger partial charge in [-0.3, -0.25) is 4.55 Å². The fourth-order valence-corrected chi connectivity index (χ4v) is 17.6. The van der Waals surface area contributed by atoms with Gasteiger partial charge >= 0.3 is 5.97 Å². The molecule has 11 aromatic carbocycles. The number of nitrogens with zero attached hydrogens (tertiary/aromatic N) is 11. The number of hydrogen-bond donors (Lipinski definition) is 19. The molecule has 11 heterocycles. The van der Waals surface area contributed by atoms with Crippen LogP contribution in [0.2, 0.25) is 0 Å². The summed E-state index contributed by atoms with van der Waals surface area (Å²) in [6.07, 6.45) is 11.3. The van der Waals surface area contributed by atoms with E-state index in [0.717, 1.165) is 249 Å². The monoisotopic (exact) mass is 2140 g/mol. The van der Waals surface area contributed by atoms with E-state index in [9.17, 15) is 21.6 Å². The molecule has 0 saturated heterocycles. The van der Waals surface area contributed by atoms with Crippen molar-refractivity contribution in [2.75, 3.05) is 18.5 Å². The largest absolute Gasteiger partial charge is 0.478 e. The predicted molar refractivity (Wildman–Crippen MR) is 591 cm³/mol. The first-order valence-electron chi connectivity index (χ1n) is 46.0. The number of fused-ring (bicyclic) bond motifs is 11. The van der Waals surface area contributed by atoms with Crippen LogP contribution in [0.4, 0.5) is 0 Å². The van der Waals surface area contributed by atoms with Gasteiger partial charge in [-0.2, -0.15) is 21.0 Å². The van der Waals surface area contributed by atoms with Gasteiger partial charge in [0.25, 0.3) is 10.1 Å². The Kier molecular flexibility index (Phi) is 38.8. The molecule has 0 aliphatic rings. The van der Waals surface area contributed by atoms with Gasteiger partial charge in [0, 0.05) is 42.1 Å². The van der Waals surface area contributed by atoms with E-state index in [1.165, 1.54) is 22.3 Å². The summed E-state index contributed by atoms with van der Waals surface area (Å²) in [6, 6.07) is 64.6. The predicted octanol–water partition coefficient (Wildman–Crippen LogP) is 19.3. The number of aryl methyl sites for hydroxylation is 12. The van der Waals surface area contributed by atoms with Crippen LogP contribution in [0.25, 0.3) is 127 Å². The number of carboxylic acid groups (broad SMARTS) is 1. The van der Waals surface area contributed by atoms with Gasteiger partial charge in [-0.1, -0.05) is 98.6 Å². The van der Waals surface area contributed by atoms with Gasteiger partial charge in [0.2, 0.25) is 10.0 Å². The summed E-state index contributed by atoms with van der Waals surface area (Å²) in [5.74, 6) is 11.9. The first-order chi connectivity index (χ1) is 69.4. The van der Waals surface area contributed by atoms with Crippen molar-refractivity contribution in [2.24, 2.45) is 16.6 Å². The number of primary sulfonamides is 1. The third kappa shape index (κ3) is 33.2. The minimum Gasteiger partial charge on any atom is -0.478 e. The molecule has 22 aromatic rings. The Bertz CT molecular complexity index is 7860. The normalized spacial score (nSPS) is 11.1. The number of aromatic amines is 11. The van der Waals surface area contributed by atoms with Gasteiger partial charge in [0.05, 0.1) is 134 Å². The highest BCUT2D eigenvalue weighted by atomic mass is 79.9. The van der Waals surface area contributed by atoms with Gasteiger partial charge in [-0.05, 0) is 303 Å². The molecule has 752 valence electrons. The van der Waals surface area contributed by atoms with Gasteiger partial charge < -0.3 is 81.6 Å². The topological polar surface area (TPSA) is 560 Å². The summed E-state index contributed by atoms with van der Waals surface area (Å²) < 4.78 is 51.8. The Hall–Kier alpha value is -14.7. The highest BCUT2D eigenvalue weighted by Crippen LogP contribution is 2.25. The second kappa shape index (κ2) is 51.5. The number of nitrogens with two attached hydrogens (primary N) is 3. The number of thiol groups is 1. The number of hydrogen-bond acceptors (Lipinski definition) is 21. The lowest BCUT2D eigenvalue weighted by Gasteiger charge is -1.98. The van der Waals surface area contributed by atoms with Crippen molar-refractivity contribution >= 4 is 198 Å². The van der Waals surface area contributed by atoms with E-state index < -0.39 is 26.1 Å². The van der Waals surface area contributed by atoms with Crippen LogP contribution in [0, 0.1) is 88.5 Å². The van der Waals surface area contributed by atoms with E-state index in [0.29, 0.717) is 37.1 Å². The van der Waals surface area contributed by atoms with Crippen molar-refractivity contribution in [3.8, 4) is 12.3 Å². The molecule has 0 saturated carbocycles. The fourth-order valence-electron chi connectivity index (χ4n) is 15.4. The molecule has 145 heavy (non-hydrogen) atoms. The first kappa shape index (κ1) is 109. The summed E-state index contributed by atoms with van der Waals surface area (Å²) in [5.41, 5.74) is 44.1. The third-order valence-electron chi connectivity index (χ3n) is 21.7. The number of aliphatic hydroxyl groups is 2. The summed E-state index contributed by atoms with van der Waals surface area (Å²) in [6.45, 7) is 22.7. The zero-order chi connectivity index (χ0) is 104. The number of aromatic nitrogens is 22. The molecule has 0 bridgehead atoms. The zero-order valence-corrected chi connectivity index (χ0v) is 87.7. The van der Waals surface area contributed by atoms with Gasteiger partial charge in [-0.25, -0.2) is 73.2 Å². The van der Waals surface area contributed by atoms with Gasteiger partial charge in [0.1, 0.15) is 69.8 Å². The zero-order valence-electron chi connectivity index (χ0n) is 82.0. The van der Waals surface area contributed by atoms with Gasteiger partial charge in [-0.15, -0.1) is 12.3 Å². The molecule has 11 aromatic heterocycles. The number of aliphatic carboxylic acids is 1. The van der Waals surface area contributed by atoms with Crippen molar-refractivity contribution in [3.63, 3.8) is 0 Å². The minimum absolute atomic E-state index is 0.0774. The van der Waals surface area contributed by atoms with Crippen molar-refractivity contribution in [1.29, 1.82) is 0 Å². The molecule has 39 heteroatoms. The second-order valence-electron chi connectivity index (χ2n) is 34.0. The van der Waals surface area contributed by atoms with Crippen molar-refractivity contribution in [2.45, 2.75) is 138 Å². The average Bonchev–Trinajstić information content (AvgIpc) is 1.68. The Morgan fingerprint density at radius 1 is 0.359 bits per heavy atom. The van der Waals surface area contributed by atoms with E-state index in [1.807, 2.05) is 179 Å². The number of benzene rings is 11. The molecule has 0 aliphatic carbocycles. The van der Waals surface area contributed by atoms with Crippen LogP contribution >= 0.6 is 44.5 Å². The molecule has 0 fully saturated rings. The van der Waals surface area contributed by atoms with E-state index in [-0.39, 0.29) is 24.7 Å². The molecule has 0 amide bonds. The number of carboxylic acids is 1. The number of nitrogens with one attached hydrogen (secondary N) is 11. The molecule has 0 spiro atoms. The molecule has 0 atom stereocenters. The molecule has 0 radical (unpaired) electrons. The standard InChI is InChI=1S/C11H10N2O2.C11H10N2.C10H11BrN2.C10H13N3.C10H12N2O.C9H9BrN2.C9H11N3O2S.C9H11N3.C9H10N2O3S.C9H10N2O.C9H10N2S/c1-7-12-9-4-2-8(3-5-11(14)15)6-10(9)13-7;1-3-4-9-5-6-10-11(7-9)13-8(2)12-10;2*1-7-12-9-3-2-8(4-5-11)6-10(9)13-7;1-7-11-9-3-2-8(4-5-13)6-10(9)12-7;1-6-11-8-3-2-7(5-10)4-9(8)12-6;1-6-11-8-3-2-7(4-9(8)12-6)5-15(10,13)14;1-6-11-8-3-2-7(5-10)4-9(8)12-6;1-6-10-8-3-2-7(4-9(8)11-6)5-15(12,13)14;2*1-6-10-8-3-2-7(5-12)4-9(8)11-6/h2-6H,1H3,(H,12,13)(H,14,15);1,5-7H,4H2,2H3,(H,12,13);2-3,6H,4-5H2,1H3,(H,12,13);2-3,6H,4-5,11H2,1H3,(H,12,13);2-3,6,13H,4-5H2,1H3,(H,11,12);2-4H,5H2,1H3,(H,11,12);2-4H,5H2,1H3,(H,11,12)(H2,10,13,14);2-4H,5,10H2,1H3,(H,11,12);2-4H,5H2,1H3,(H,10,11)(H,12,13,14);2*2-4,12H,5H2,1H3,(H,10,11)/b5-3+;;;;;;;;;;. The maximum absolute atomic E-state index is 10.9. The molecule has 0 aliphatic heterocycles. The maximum atomic E-state index is 10.9. The van der Waals surface area contributed by atoms with Crippen LogP contribution in [0.15, 0.2) is 206 Å². The Balaban J connectivity index is 0.000000142. The summed E-state index contributed by atoms with van der Waals surface area (Å²) >= 11 is 11.1. The number of carbonyl (C=O) groups is 1. The SMILES string of the molecule is C#CCc1ccc2nc(C)[nH]c2c1.Cc1nc2ccc(/C=C/C(=O)O)cc2[nH]1.Cc1nc2ccc(CBr)cc2[nH]1.Cc1nc2ccc(CCBr)cc2[nH]1.Cc1nc2ccc(CCN)cc2[nH]1.Cc1nc2ccc(CCO)cc2[nH]1.Cc1nc2ccc(CN)cc2[nH]1.Cc1nc2ccc(CO)cc2[nH]1.Cc1nc2ccc(CS(=O)(=O)O)cc2[nH]1.Cc1nc2ccc(CS(N)(=O)=O)cc2[nH]1.Cc1nc2ccc(CS)cc2[nH]1. The number of sulfonamides is 1. The first-order valence-corrected chi connectivity index (χ1v) is 52.2. The average molecular weight is 2140 g/mol. The number of imidazole rings is 11. The Labute approximate surface area is 859 Å². The number of rotatable bonds is 17. The van der Waals surface area contributed by atoms with Crippen LogP contribution in [0.1, 0.15) is 125 Å². The number of aliphatic hydroxyl groups excluding tert-OH is 2. The van der Waals surface area contributed by atoms with Crippen LogP contribution in [-0.2, 0) is 86.4 Å². The lowest BCUT2D eigenvalue weighted by molar-refractivity contribution is -0.131. The van der Waals surface area contributed by atoms with Crippen molar-refractivity contribution in [3.05, 3.63) is 332 Å². The molecule has 0 unspecified atom stereocenters. The summed E-state index contributed by atoms with van der Waals surface area (Å²) in [4.78, 5) is 92.0. The van der Waals surface area contributed by atoms with Gasteiger partial charge in [0.15, 0.2) is 0 Å². The Morgan fingerprint density at radius 2 is 0.614 bits per heavy atom. The van der Waals surface area contributed by atoms with E-state index >= 15 is 0 Å². The number of terminal acetylenes is 1. The van der Waals surface area contributed by atoms with E-state index in [4.69, 9.17) is 42.9 Å². The maximum Gasteiger partial charge on any atom is 0.328 e. The number of halogens is 2. The molecule has 21 N–H and O–H groups in total. The lowest BCUT2D eigenvalue weighted by Crippen LogP contribution is -2.14. The molecular weight excluding hydrogens is 2020 g/mol. The summed E-state index contributed by atoms with van der Waals surface area (Å²) in [5, 5.41) is 33.0. The van der Waals surface area contributed by atoms with Crippen LogP contribution in [-0.4, -0.2) is 171 Å². The fraction of sp³-hybridized carbons (Fsp3) is 0.226. The van der Waals surface area contributed by atoms with Crippen molar-refractivity contribution in [1.82, 2.24) is 110 Å². The number of alkyl halides is 2. The molecule has 34 nitrogen and oxygen atoms in total. The quantitative estimate of drug-likeness (QED) is 0.0132. The van der Waals surface area contributed by atoms with Crippen LogP contribution in [0.5, 0.6) is 0 Å². The molecular formula is C106H117Br2N25O9S3. The highest BCUT2D eigenvalue weighted by Gasteiger charge is 2.13. The third-order valence-corrected chi connectivity index (χ3v) is 24.5. The van der Waals surface area contributed by atoms with E-state index in [2.05, 4.69) is 221 Å². The summed E-state index contributed by atoms with van der Waals surface area (Å²) in [7, 11) is -7.45. The smallest absolute Gasteiger partial charge is 0.328 e. The van der Waals surface area contributed by atoms with Crippen molar-refractivity contribution < 1.29 is 41.5 Å². The van der Waals surface area contributed by atoms with E-state index in [1.54, 1.807) is 42.5 Å². The molecule has 22 rings (SSSR count).